The highest BCUT2D eigenvalue weighted by molar-refractivity contribution is 7.15. The number of nitrogens with zero attached hydrogens (tertiary/aromatic N) is 3. The molecule has 0 saturated carbocycles. The van der Waals surface area contributed by atoms with Crippen LogP contribution in [0, 0.1) is 17.2 Å². The van der Waals surface area contributed by atoms with Gasteiger partial charge in [0.25, 0.3) is 0 Å². The number of thiazole rings is 1. The van der Waals surface area contributed by atoms with Crippen LogP contribution < -0.4 is 5.32 Å². The highest BCUT2D eigenvalue weighted by Crippen LogP contribution is 2.26. The van der Waals surface area contributed by atoms with E-state index in [1.807, 2.05) is 5.38 Å². The molecule has 1 N–H and O–H groups in total. The van der Waals surface area contributed by atoms with Gasteiger partial charge in [-0.25, -0.2) is 4.98 Å². The van der Waals surface area contributed by atoms with Crippen molar-refractivity contribution in [2.45, 2.75) is 0 Å². The molecule has 6 nitrogen and oxygen atoms in total. The minimum Gasteiger partial charge on any atom is -0.323 e. The Morgan fingerprint density at radius 1 is 1.33 bits per heavy atom. The van der Waals surface area contributed by atoms with Gasteiger partial charge in [0.2, 0.25) is 5.91 Å². The molecule has 2 heterocycles. The van der Waals surface area contributed by atoms with E-state index in [9.17, 15) is 14.9 Å². The van der Waals surface area contributed by atoms with Crippen molar-refractivity contribution < 1.29 is 9.59 Å². The smallest absolute Gasteiger partial charge is 0.249 e. The molecule has 1 amide bonds. The van der Waals surface area contributed by atoms with Crippen molar-refractivity contribution in [3.8, 4) is 6.07 Å². The van der Waals surface area contributed by atoms with Gasteiger partial charge in [0.1, 0.15) is 0 Å². The van der Waals surface area contributed by atoms with Gasteiger partial charge in [0, 0.05) is 16.6 Å². The van der Waals surface area contributed by atoms with Gasteiger partial charge in [0.05, 0.1) is 22.5 Å². The van der Waals surface area contributed by atoms with E-state index < -0.39 is 17.6 Å². The molecule has 27 heavy (non-hydrogen) atoms. The van der Waals surface area contributed by atoms with E-state index in [4.69, 9.17) is 34.8 Å². The SMILES string of the molecule is N#CC(C(=O)/C=C/c1c(Cl)nc2sccn12)C(=O)Nc1ccc(Cl)cc1Cl. The van der Waals surface area contributed by atoms with Crippen molar-refractivity contribution in [1.82, 2.24) is 9.38 Å². The average Bonchev–Trinajstić information content (AvgIpc) is 3.17. The lowest BCUT2D eigenvalue weighted by Gasteiger charge is -2.09. The number of allylic oxidation sites excluding steroid dienone is 1. The third-order valence-corrected chi connectivity index (χ3v) is 5.11. The number of hydrogen-bond donors (Lipinski definition) is 1. The Kier molecular flexibility index (Phi) is 5.82. The quantitative estimate of drug-likeness (QED) is 0.460. The molecule has 1 unspecified atom stereocenters. The fourth-order valence-corrected chi connectivity index (χ4v) is 3.69. The molecule has 10 heteroatoms. The number of nitriles is 1. The minimum atomic E-state index is -1.54. The molecule has 0 aliphatic carbocycles. The second-order valence-electron chi connectivity index (χ2n) is 5.25. The summed E-state index contributed by atoms with van der Waals surface area (Å²) >= 11 is 19.2. The maximum absolute atomic E-state index is 12.3. The summed E-state index contributed by atoms with van der Waals surface area (Å²) in [5.74, 6) is -3.03. The Morgan fingerprint density at radius 3 is 2.81 bits per heavy atom. The Hall–Kier alpha value is -2.37. The van der Waals surface area contributed by atoms with Gasteiger partial charge in [-0.2, -0.15) is 5.26 Å². The molecule has 1 atom stereocenters. The van der Waals surface area contributed by atoms with E-state index in [2.05, 4.69) is 10.3 Å². The average molecular weight is 440 g/mol. The molecule has 136 valence electrons. The predicted octanol–water partition coefficient (Wildman–Crippen LogP) is 4.72. The van der Waals surface area contributed by atoms with Crippen LogP contribution in [0.4, 0.5) is 5.69 Å². The van der Waals surface area contributed by atoms with Crippen LogP contribution in [0.15, 0.2) is 35.9 Å². The van der Waals surface area contributed by atoms with Crippen LogP contribution in [0.1, 0.15) is 5.69 Å². The van der Waals surface area contributed by atoms with Crippen LogP contribution >= 0.6 is 46.1 Å². The second kappa shape index (κ2) is 8.11. The number of rotatable bonds is 5. The highest BCUT2D eigenvalue weighted by atomic mass is 35.5. The van der Waals surface area contributed by atoms with Crippen molar-refractivity contribution in [2.24, 2.45) is 5.92 Å². The highest BCUT2D eigenvalue weighted by Gasteiger charge is 2.25. The Morgan fingerprint density at radius 2 is 2.11 bits per heavy atom. The number of imidazole rings is 1. The maximum atomic E-state index is 12.3. The molecule has 1 aromatic carbocycles. The predicted molar refractivity (Wildman–Crippen MR) is 106 cm³/mol. The first-order chi connectivity index (χ1) is 12.9. The van der Waals surface area contributed by atoms with Crippen LogP contribution in [0.2, 0.25) is 15.2 Å². The summed E-state index contributed by atoms with van der Waals surface area (Å²) in [6.07, 6.45) is 4.30. The van der Waals surface area contributed by atoms with Crippen molar-refractivity contribution in [2.75, 3.05) is 5.32 Å². The number of carbonyl (C=O) groups excluding carboxylic acids is 2. The number of nitrogens with one attached hydrogen (secondary N) is 1. The summed E-state index contributed by atoms with van der Waals surface area (Å²) in [6, 6.07) is 6.14. The van der Waals surface area contributed by atoms with Crippen LogP contribution in [-0.4, -0.2) is 21.1 Å². The van der Waals surface area contributed by atoms with Gasteiger partial charge in [-0.15, -0.1) is 11.3 Å². The molecule has 0 fully saturated rings. The van der Waals surface area contributed by atoms with Crippen molar-refractivity contribution in [3.63, 3.8) is 0 Å². The summed E-state index contributed by atoms with van der Waals surface area (Å²) in [4.78, 5) is 29.4. The van der Waals surface area contributed by atoms with E-state index in [1.165, 1.54) is 35.6 Å². The van der Waals surface area contributed by atoms with Gasteiger partial charge in [-0.05, 0) is 30.4 Å². The summed E-state index contributed by atoms with van der Waals surface area (Å²) in [5.41, 5.74) is 0.737. The van der Waals surface area contributed by atoms with Crippen molar-refractivity contribution in [3.05, 3.63) is 56.7 Å². The van der Waals surface area contributed by atoms with Gasteiger partial charge >= 0.3 is 0 Å². The van der Waals surface area contributed by atoms with Gasteiger partial charge in [-0.1, -0.05) is 34.8 Å². The molecular formula is C17H9Cl3N4O2S. The number of anilines is 1. The Bertz CT molecular complexity index is 1110. The van der Waals surface area contributed by atoms with Crippen LogP contribution in [0.5, 0.6) is 0 Å². The number of hydrogen-bond acceptors (Lipinski definition) is 5. The number of carbonyl (C=O) groups is 2. The molecule has 0 aliphatic rings. The molecule has 3 rings (SSSR count). The summed E-state index contributed by atoms with van der Waals surface area (Å²) in [7, 11) is 0. The minimum absolute atomic E-state index is 0.196. The Balaban J connectivity index is 1.77. The van der Waals surface area contributed by atoms with E-state index in [1.54, 1.807) is 16.7 Å². The lowest BCUT2D eigenvalue weighted by Crippen LogP contribution is -2.27. The van der Waals surface area contributed by atoms with Gasteiger partial charge in [-0.3, -0.25) is 14.0 Å². The molecule has 0 saturated heterocycles. The number of benzene rings is 1. The van der Waals surface area contributed by atoms with E-state index in [-0.39, 0.29) is 15.9 Å². The van der Waals surface area contributed by atoms with Gasteiger partial charge < -0.3 is 5.32 Å². The van der Waals surface area contributed by atoms with Gasteiger partial charge in [0.15, 0.2) is 21.8 Å². The lowest BCUT2D eigenvalue weighted by molar-refractivity contribution is -0.126. The number of fused-ring (bicyclic) bond motifs is 1. The van der Waals surface area contributed by atoms with Crippen LogP contribution in [0.25, 0.3) is 11.0 Å². The molecular weight excluding hydrogens is 431 g/mol. The maximum Gasteiger partial charge on any atom is 0.249 e. The third kappa shape index (κ3) is 4.15. The fraction of sp³-hybridized carbons (Fsp3) is 0.0588. The van der Waals surface area contributed by atoms with E-state index >= 15 is 0 Å². The first-order valence-electron chi connectivity index (χ1n) is 7.39. The fourth-order valence-electron chi connectivity index (χ4n) is 2.23. The summed E-state index contributed by atoms with van der Waals surface area (Å²) in [5, 5.41) is 14.3. The molecule has 3 aromatic rings. The van der Waals surface area contributed by atoms with Crippen LogP contribution in [-0.2, 0) is 9.59 Å². The lowest BCUT2D eigenvalue weighted by atomic mass is 10.0. The standard InChI is InChI=1S/C17H9Cl3N4O2S/c18-9-1-2-12(11(19)7-9)22-16(26)10(8-21)14(25)4-3-13-15(20)23-17-24(13)5-6-27-17/h1-7,10H,(H,22,26)/b4-3+. The second-order valence-corrected chi connectivity index (χ2v) is 7.33. The first-order valence-corrected chi connectivity index (χ1v) is 9.40. The number of ketones is 1. The van der Waals surface area contributed by atoms with E-state index in [0.717, 1.165) is 6.08 Å². The molecule has 0 radical (unpaired) electrons. The number of aromatic nitrogens is 2. The van der Waals surface area contributed by atoms with Crippen molar-refractivity contribution in [1.29, 1.82) is 5.26 Å². The molecule has 2 aromatic heterocycles. The number of halogens is 3. The van der Waals surface area contributed by atoms with E-state index in [0.29, 0.717) is 15.7 Å². The summed E-state index contributed by atoms with van der Waals surface area (Å²) < 4.78 is 1.70. The molecule has 0 bridgehead atoms. The monoisotopic (exact) mass is 438 g/mol. The first kappa shape index (κ1) is 19.4. The molecule has 0 aliphatic heterocycles. The summed E-state index contributed by atoms with van der Waals surface area (Å²) in [6.45, 7) is 0. The zero-order valence-corrected chi connectivity index (χ0v) is 16.4. The normalized spacial score (nSPS) is 12.2. The number of amides is 1. The zero-order chi connectivity index (χ0) is 19.6. The largest absolute Gasteiger partial charge is 0.323 e. The van der Waals surface area contributed by atoms with Crippen molar-refractivity contribution >= 4 is 74.6 Å². The zero-order valence-electron chi connectivity index (χ0n) is 13.3. The molecule has 0 spiro atoms. The topological polar surface area (TPSA) is 87.3 Å². The Labute approximate surface area is 172 Å². The van der Waals surface area contributed by atoms with Crippen LogP contribution in [0.3, 0.4) is 0 Å². The third-order valence-electron chi connectivity index (χ3n) is 3.52.